The number of halogens is 1. The molecule has 2 heterocycles. The van der Waals surface area contributed by atoms with Crippen LogP contribution in [0.2, 0.25) is 5.02 Å². The lowest BCUT2D eigenvalue weighted by molar-refractivity contribution is -0.120. The third kappa shape index (κ3) is 4.81. The first-order valence-corrected chi connectivity index (χ1v) is 9.70. The molecule has 0 spiro atoms. The van der Waals surface area contributed by atoms with Crippen molar-refractivity contribution in [1.29, 1.82) is 0 Å². The van der Waals surface area contributed by atoms with Crippen molar-refractivity contribution in [2.75, 3.05) is 0 Å². The minimum absolute atomic E-state index is 0.195. The van der Waals surface area contributed by atoms with Gasteiger partial charge in [-0.1, -0.05) is 29.8 Å². The van der Waals surface area contributed by atoms with Crippen LogP contribution in [0.3, 0.4) is 0 Å². The number of hydrogen-bond acceptors (Lipinski definition) is 5. The number of benzene rings is 1. The summed E-state index contributed by atoms with van der Waals surface area (Å²) < 4.78 is 1.89. The lowest BCUT2D eigenvalue weighted by atomic mass is 10.2. The molecular formula is C19H20ClN5OS. The maximum absolute atomic E-state index is 12.0. The molecule has 0 unspecified atom stereocenters. The van der Waals surface area contributed by atoms with E-state index >= 15 is 0 Å². The third-order valence-electron chi connectivity index (χ3n) is 4.08. The molecule has 0 atom stereocenters. The molecule has 0 radical (unpaired) electrons. The molecule has 27 heavy (non-hydrogen) atoms. The van der Waals surface area contributed by atoms with Crippen molar-refractivity contribution < 1.29 is 4.79 Å². The van der Waals surface area contributed by atoms with Crippen molar-refractivity contribution in [2.45, 2.75) is 33.7 Å². The highest BCUT2D eigenvalue weighted by Gasteiger charge is 2.12. The Morgan fingerprint density at radius 3 is 2.81 bits per heavy atom. The smallest absolute Gasteiger partial charge is 0.246 e. The zero-order chi connectivity index (χ0) is 19.4. The van der Waals surface area contributed by atoms with Gasteiger partial charge in [0, 0.05) is 27.4 Å². The van der Waals surface area contributed by atoms with Crippen LogP contribution < -0.4 is 5.43 Å². The fourth-order valence-electron chi connectivity index (χ4n) is 2.67. The number of aromatic nitrogens is 3. The molecule has 1 amide bonds. The second-order valence-corrected chi connectivity index (χ2v) is 7.54. The van der Waals surface area contributed by atoms with E-state index < -0.39 is 0 Å². The van der Waals surface area contributed by atoms with Crippen molar-refractivity contribution >= 4 is 35.1 Å². The number of hydrazone groups is 1. The average Bonchev–Trinajstić information content (AvgIpc) is 3.14. The van der Waals surface area contributed by atoms with Crippen LogP contribution in [0.1, 0.15) is 33.2 Å². The number of carbonyl (C=O) groups excluding carboxylic acids is 1. The van der Waals surface area contributed by atoms with E-state index in [0.29, 0.717) is 11.6 Å². The Balaban J connectivity index is 1.66. The first-order chi connectivity index (χ1) is 12.9. The summed E-state index contributed by atoms with van der Waals surface area (Å²) in [5.74, 6) is -0.195. The van der Waals surface area contributed by atoms with Gasteiger partial charge in [-0.3, -0.25) is 9.48 Å². The minimum Gasteiger partial charge on any atom is -0.273 e. The molecular weight excluding hydrogens is 382 g/mol. The zero-order valence-electron chi connectivity index (χ0n) is 15.4. The van der Waals surface area contributed by atoms with Crippen molar-refractivity contribution in [3.05, 3.63) is 67.9 Å². The number of nitrogens with one attached hydrogen (secondary N) is 1. The monoisotopic (exact) mass is 401 g/mol. The van der Waals surface area contributed by atoms with Gasteiger partial charge in [-0.25, -0.2) is 10.4 Å². The normalized spacial score (nSPS) is 11.3. The van der Waals surface area contributed by atoms with Crippen molar-refractivity contribution in [1.82, 2.24) is 20.2 Å². The summed E-state index contributed by atoms with van der Waals surface area (Å²) in [6.07, 6.45) is 1.85. The van der Waals surface area contributed by atoms with Gasteiger partial charge in [0.25, 0.3) is 0 Å². The van der Waals surface area contributed by atoms with Crippen molar-refractivity contribution in [3.8, 4) is 0 Å². The molecule has 0 aliphatic rings. The van der Waals surface area contributed by atoms with Gasteiger partial charge in [0.15, 0.2) is 0 Å². The van der Waals surface area contributed by atoms with Crippen molar-refractivity contribution in [3.63, 3.8) is 0 Å². The van der Waals surface area contributed by atoms with E-state index in [0.717, 1.165) is 33.2 Å². The predicted octanol–water partition coefficient (Wildman–Crippen LogP) is 3.66. The van der Waals surface area contributed by atoms with Crippen LogP contribution >= 0.6 is 22.9 Å². The van der Waals surface area contributed by atoms with E-state index in [2.05, 4.69) is 20.6 Å². The van der Waals surface area contributed by atoms with Crippen LogP contribution in [-0.4, -0.2) is 26.9 Å². The summed E-state index contributed by atoms with van der Waals surface area (Å²) in [4.78, 5) is 16.2. The number of thiazole rings is 1. The Hall–Kier alpha value is -2.51. The van der Waals surface area contributed by atoms with Gasteiger partial charge in [-0.15, -0.1) is 11.3 Å². The maximum atomic E-state index is 12.0. The summed E-state index contributed by atoms with van der Waals surface area (Å²) in [7, 11) is 0. The molecule has 2 aromatic heterocycles. The molecule has 0 saturated heterocycles. The Bertz CT molecular complexity index is 992. The Morgan fingerprint density at radius 2 is 2.11 bits per heavy atom. The molecule has 0 aliphatic carbocycles. The van der Waals surface area contributed by atoms with Crippen LogP contribution in [0.15, 0.2) is 34.7 Å². The topological polar surface area (TPSA) is 72.2 Å². The molecule has 3 aromatic rings. The third-order valence-corrected chi connectivity index (χ3v) is 5.41. The highest BCUT2D eigenvalue weighted by Crippen LogP contribution is 2.18. The Labute approximate surface area is 166 Å². The average molecular weight is 402 g/mol. The van der Waals surface area contributed by atoms with E-state index in [1.54, 1.807) is 6.21 Å². The van der Waals surface area contributed by atoms with Gasteiger partial charge in [-0.05, 0) is 32.4 Å². The van der Waals surface area contributed by atoms with Crippen molar-refractivity contribution in [2.24, 2.45) is 5.10 Å². The highest BCUT2D eigenvalue weighted by molar-refractivity contribution is 7.09. The van der Waals surface area contributed by atoms with Gasteiger partial charge >= 0.3 is 0 Å². The standard InChI is InChI=1S/C19H20ClN5OS/c1-12-11-27-19(22-12)8-18(26)23-21-9-16-13(2)24-25(14(16)3)10-15-6-4-5-7-17(15)20/h4-7,9,11H,8,10H2,1-3H3,(H,23,26)/b21-9-. The quantitative estimate of drug-likeness (QED) is 0.506. The summed E-state index contributed by atoms with van der Waals surface area (Å²) in [5, 5.41) is 12.1. The summed E-state index contributed by atoms with van der Waals surface area (Å²) in [6.45, 7) is 6.37. The molecule has 1 N–H and O–H groups in total. The maximum Gasteiger partial charge on any atom is 0.246 e. The van der Waals surface area contributed by atoms with Gasteiger partial charge in [0.2, 0.25) is 5.91 Å². The molecule has 8 heteroatoms. The summed E-state index contributed by atoms with van der Waals surface area (Å²) in [5.41, 5.74) is 7.15. The fourth-order valence-corrected chi connectivity index (χ4v) is 3.64. The van der Waals surface area contributed by atoms with Crippen LogP contribution in [0.25, 0.3) is 0 Å². The number of hydrogen-bond donors (Lipinski definition) is 1. The second kappa shape index (κ2) is 8.45. The molecule has 3 rings (SSSR count). The van der Waals surface area contributed by atoms with Crippen LogP contribution in [0.5, 0.6) is 0 Å². The highest BCUT2D eigenvalue weighted by atomic mass is 35.5. The van der Waals surface area contributed by atoms with Gasteiger partial charge in [-0.2, -0.15) is 10.2 Å². The lowest BCUT2D eigenvalue weighted by Crippen LogP contribution is -2.19. The fraction of sp³-hybridized carbons (Fsp3) is 0.263. The molecule has 6 nitrogen and oxygen atoms in total. The van der Waals surface area contributed by atoms with Crippen LogP contribution in [-0.2, 0) is 17.8 Å². The molecule has 0 aliphatic heterocycles. The summed E-state index contributed by atoms with van der Waals surface area (Å²) in [6, 6.07) is 7.70. The Kier molecular flexibility index (Phi) is 6.03. The van der Waals surface area contributed by atoms with Gasteiger partial charge < -0.3 is 0 Å². The molecule has 140 valence electrons. The van der Waals surface area contributed by atoms with Gasteiger partial charge in [0.1, 0.15) is 5.01 Å². The molecule has 0 fully saturated rings. The summed E-state index contributed by atoms with van der Waals surface area (Å²) >= 11 is 7.71. The van der Waals surface area contributed by atoms with E-state index in [4.69, 9.17) is 11.6 Å². The van der Waals surface area contributed by atoms with Gasteiger partial charge in [0.05, 0.1) is 24.9 Å². The van der Waals surface area contributed by atoms with E-state index in [1.165, 1.54) is 11.3 Å². The van der Waals surface area contributed by atoms with E-state index in [1.807, 2.05) is 55.1 Å². The SMILES string of the molecule is Cc1csc(CC(=O)N/N=C\c2c(C)nn(Cc3ccccc3Cl)c2C)n1. The largest absolute Gasteiger partial charge is 0.273 e. The molecule has 1 aromatic carbocycles. The zero-order valence-corrected chi connectivity index (χ0v) is 16.9. The molecule has 0 bridgehead atoms. The van der Waals surface area contributed by atoms with Crippen LogP contribution in [0, 0.1) is 20.8 Å². The minimum atomic E-state index is -0.195. The first-order valence-electron chi connectivity index (χ1n) is 8.44. The first kappa shape index (κ1) is 19.3. The number of rotatable bonds is 6. The van der Waals surface area contributed by atoms with E-state index in [9.17, 15) is 4.79 Å². The number of aryl methyl sites for hydroxylation is 2. The van der Waals surface area contributed by atoms with Crippen LogP contribution in [0.4, 0.5) is 0 Å². The second-order valence-electron chi connectivity index (χ2n) is 6.19. The number of nitrogens with zero attached hydrogens (tertiary/aromatic N) is 4. The number of carbonyl (C=O) groups is 1. The Morgan fingerprint density at radius 1 is 1.33 bits per heavy atom. The number of amides is 1. The van der Waals surface area contributed by atoms with E-state index in [-0.39, 0.29) is 12.3 Å². The predicted molar refractivity (Wildman–Crippen MR) is 109 cm³/mol. The lowest BCUT2D eigenvalue weighted by Gasteiger charge is -2.06. The molecule has 0 saturated carbocycles.